The lowest BCUT2D eigenvalue weighted by atomic mass is 10.00. The second-order valence-electron chi connectivity index (χ2n) is 7.21. The minimum absolute atomic E-state index is 0.299. The smallest absolute Gasteiger partial charge is 0.192 e. The number of piperidine rings is 1. The van der Waals surface area contributed by atoms with Crippen molar-refractivity contribution in [2.45, 2.75) is 37.0 Å². The lowest BCUT2D eigenvalue weighted by molar-refractivity contribution is 0.359. The van der Waals surface area contributed by atoms with Gasteiger partial charge in [-0.1, -0.05) is 18.0 Å². The van der Waals surface area contributed by atoms with E-state index in [1.54, 1.807) is 12.3 Å². The molecule has 0 amide bonds. The van der Waals surface area contributed by atoms with Crippen molar-refractivity contribution in [3.63, 3.8) is 0 Å². The molecule has 1 aromatic heterocycles. The number of rotatable bonds is 12. The molecular formula is C20H29ClFN5S2. The van der Waals surface area contributed by atoms with Crippen molar-refractivity contribution in [1.29, 1.82) is 0 Å². The van der Waals surface area contributed by atoms with E-state index < -0.39 is 0 Å². The van der Waals surface area contributed by atoms with Crippen LogP contribution in [-0.2, 0) is 0 Å². The Labute approximate surface area is 185 Å². The Bertz CT molecular complexity index is 726. The summed E-state index contributed by atoms with van der Waals surface area (Å²) in [7, 11) is 0. The predicted octanol–water partition coefficient (Wildman–Crippen LogP) is 5.23. The lowest BCUT2D eigenvalue weighted by Crippen LogP contribution is -2.36. The van der Waals surface area contributed by atoms with Crippen molar-refractivity contribution in [2.24, 2.45) is 5.92 Å². The third kappa shape index (κ3) is 7.94. The molecule has 4 N–H and O–H groups in total. The van der Waals surface area contributed by atoms with E-state index in [0.29, 0.717) is 15.6 Å². The minimum Gasteiger partial charge on any atom is -0.384 e. The van der Waals surface area contributed by atoms with Crippen molar-refractivity contribution >= 4 is 45.7 Å². The lowest BCUT2D eigenvalue weighted by Gasteiger charge is -2.22. The highest BCUT2D eigenvalue weighted by Gasteiger charge is 2.12. The molecule has 3 rings (SSSR count). The topological polar surface area (TPSA) is 61.0 Å². The van der Waals surface area contributed by atoms with Gasteiger partial charge < -0.3 is 20.7 Å². The number of nitrogens with zero attached hydrogens (tertiary/aromatic N) is 1. The SMILES string of the molecule is Fc1cc(NCCCCCNCC2CCCNC2)c(Cl)cc1SNc1nccs1. The molecule has 1 fully saturated rings. The first kappa shape index (κ1) is 22.6. The predicted molar refractivity (Wildman–Crippen MR) is 124 cm³/mol. The molecule has 1 atom stereocenters. The van der Waals surface area contributed by atoms with E-state index in [4.69, 9.17) is 11.6 Å². The summed E-state index contributed by atoms with van der Waals surface area (Å²) in [4.78, 5) is 4.57. The quantitative estimate of drug-likeness (QED) is 0.259. The second-order valence-corrected chi connectivity index (χ2v) is 9.36. The van der Waals surface area contributed by atoms with Gasteiger partial charge in [-0.15, -0.1) is 11.3 Å². The Morgan fingerprint density at radius 3 is 2.97 bits per heavy atom. The van der Waals surface area contributed by atoms with E-state index >= 15 is 0 Å². The minimum atomic E-state index is -0.299. The molecule has 1 aromatic carbocycles. The number of hydrogen-bond acceptors (Lipinski definition) is 7. The first-order valence-corrected chi connectivity index (χ1v) is 12.3. The number of benzene rings is 1. The van der Waals surface area contributed by atoms with Crippen LogP contribution in [0, 0.1) is 11.7 Å². The number of thiazole rings is 1. The molecule has 0 spiro atoms. The third-order valence-corrected chi connectivity index (χ3v) is 6.84. The Hall–Kier alpha value is -1.06. The molecule has 2 aromatic rings. The van der Waals surface area contributed by atoms with Crippen LogP contribution in [0.3, 0.4) is 0 Å². The van der Waals surface area contributed by atoms with Crippen LogP contribution in [0.25, 0.3) is 0 Å². The molecule has 29 heavy (non-hydrogen) atoms. The van der Waals surface area contributed by atoms with Crippen molar-refractivity contribution in [1.82, 2.24) is 15.6 Å². The molecule has 5 nitrogen and oxygen atoms in total. The van der Waals surface area contributed by atoms with Gasteiger partial charge in [0.1, 0.15) is 5.82 Å². The first-order chi connectivity index (χ1) is 14.2. The number of aromatic nitrogens is 1. The molecule has 1 unspecified atom stereocenters. The van der Waals surface area contributed by atoms with E-state index in [-0.39, 0.29) is 5.82 Å². The van der Waals surface area contributed by atoms with Gasteiger partial charge in [-0.05, 0) is 81.9 Å². The van der Waals surface area contributed by atoms with Crippen molar-refractivity contribution in [2.75, 3.05) is 42.8 Å². The monoisotopic (exact) mass is 457 g/mol. The summed E-state index contributed by atoms with van der Waals surface area (Å²) in [5, 5.41) is 13.4. The van der Waals surface area contributed by atoms with Crippen LogP contribution >= 0.6 is 34.9 Å². The number of nitrogens with one attached hydrogen (secondary N) is 4. The van der Waals surface area contributed by atoms with E-state index in [1.807, 2.05) is 5.38 Å². The summed E-state index contributed by atoms with van der Waals surface area (Å²) in [6.07, 6.45) is 7.65. The highest BCUT2D eigenvalue weighted by Crippen LogP contribution is 2.32. The van der Waals surface area contributed by atoms with Gasteiger partial charge in [0, 0.05) is 18.1 Å². The van der Waals surface area contributed by atoms with Crippen LogP contribution in [0.5, 0.6) is 0 Å². The fourth-order valence-electron chi connectivity index (χ4n) is 3.29. The molecular weight excluding hydrogens is 429 g/mol. The normalized spacial score (nSPS) is 16.7. The molecule has 0 bridgehead atoms. The zero-order valence-electron chi connectivity index (χ0n) is 16.5. The van der Waals surface area contributed by atoms with E-state index in [9.17, 15) is 4.39 Å². The van der Waals surface area contributed by atoms with E-state index in [0.717, 1.165) is 56.5 Å². The van der Waals surface area contributed by atoms with Gasteiger partial charge in [0.05, 0.1) is 15.6 Å². The zero-order chi connectivity index (χ0) is 20.3. The number of anilines is 2. The van der Waals surface area contributed by atoms with Crippen molar-refractivity contribution in [3.8, 4) is 0 Å². The van der Waals surface area contributed by atoms with Crippen LogP contribution in [0.4, 0.5) is 15.2 Å². The Kier molecular flexibility index (Phi) is 9.82. The zero-order valence-corrected chi connectivity index (χ0v) is 18.9. The summed E-state index contributed by atoms with van der Waals surface area (Å²) in [6.45, 7) is 5.27. The molecule has 0 radical (unpaired) electrons. The van der Waals surface area contributed by atoms with Gasteiger partial charge in [0.2, 0.25) is 0 Å². The maximum atomic E-state index is 14.3. The standard InChI is InChI=1S/C20H29ClFN5S2/c21-16-11-19(29-27-20-26-9-10-28-20)17(22)12-18(16)25-8-3-1-2-6-23-13-15-5-4-7-24-14-15/h9-12,15,23-25H,1-8,13-14H2,(H,26,27). The van der Waals surface area contributed by atoms with Gasteiger partial charge >= 0.3 is 0 Å². The van der Waals surface area contributed by atoms with Crippen molar-refractivity contribution < 1.29 is 4.39 Å². The highest BCUT2D eigenvalue weighted by atomic mass is 35.5. The molecule has 1 saturated heterocycles. The van der Waals surface area contributed by atoms with E-state index in [2.05, 4.69) is 25.7 Å². The van der Waals surface area contributed by atoms with Crippen LogP contribution in [0.15, 0.2) is 28.6 Å². The molecule has 0 saturated carbocycles. The van der Waals surface area contributed by atoms with Gasteiger partial charge in [-0.2, -0.15) is 0 Å². The molecule has 9 heteroatoms. The number of unbranched alkanes of at least 4 members (excludes halogenated alkanes) is 2. The fourth-order valence-corrected chi connectivity index (χ4v) is 4.86. The summed E-state index contributed by atoms with van der Waals surface area (Å²) < 4.78 is 17.4. The highest BCUT2D eigenvalue weighted by molar-refractivity contribution is 8.00. The van der Waals surface area contributed by atoms with Gasteiger partial charge in [-0.3, -0.25) is 0 Å². The summed E-state index contributed by atoms with van der Waals surface area (Å²) in [5.74, 6) is 0.479. The van der Waals surface area contributed by atoms with Crippen LogP contribution in [-0.4, -0.2) is 37.7 Å². The molecule has 1 aliphatic rings. The van der Waals surface area contributed by atoms with Crippen molar-refractivity contribution in [3.05, 3.63) is 34.5 Å². The van der Waals surface area contributed by atoms with Gasteiger partial charge in [-0.25, -0.2) is 9.37 Å². The summed E-state index contributed by atoms with van der Waals surface area (Å²) >= 11 is 8.96. The van der Waals surface area contributed by atoms with Gasteiger partial charge in [0.25, 0.3) is 0 Å². The van der Waals surface area contributed by atoms with Crippen LogP contribution in [0.2, 0.25) is 5.02 Å². The fraction of sp³-hybridized carbons (Fsp3) is 0.550. The molecule has 1 aliphatic heterocycles. The van der Waals surface area contributed by atoms with Crippen LogP contribution in [0.1, 0.15) is 32.1 Å². The number of hydrogen-bond donors (Lipinski definition) is 4. The maximum Gasteiger partial charge on any atom is 0.192 e. The first-order valence-electron chi connectivity index (χ1n) is 10.2. The average molecular weight is 458 g/mol. The number of halogens is 2. The van der Waals surface area contributed by atoms with Gasteiger partial charge in [0.15, 0.2) is 5.13 Å². The second kappa shape index (κ2) is 12.6. The van der Waals surface area contributed by atoms with E-state index in [1.165, 1.54) is 48.7 Å². The Balaban J connectivity index is 1.29. The maximum absolute atomic E-state index is 14.3. The molecule has 0 aliphatic carbocycles. The Morgan fingerprint density at radius 1 is 1.28 bits per heavy atom. The molecule has 2 heterocycles. The third-order valence-electron chi connectivity index (χ3n) is 4.88. The Morgan fingerprint density at radius 2 is 2.17 bits per heavy atom. The molecule has 160 valence electrons. The summed E-state index contributed by atoms with van der Waals surface area (Å²) in [6, 6.07) is 3.11. The van der Waals surface area contributed by atoms with Crippen LogP contribution < -0.4 is 20.7 Å². The largest absolute Gasteiger partial charge is 0.384 e. The summed E-state index contributed by atoms with van der Waals surface area (Å²) in [5.41, 5.74) is 0.644. The average Bonchev–Trinajstić information content (AvgIpc) is 3.25.